The van der Waals surface area contributed by atoms with Gasteiger partial charge >= 0.3 is 5.97 Å². The zero-order chi connectivity index (χ0) is 24.2. The highest BCUT2D eigenvalue weighted by molar-refractivity contribution is 8.18. The van der Waals surface area contributed by atoms with Crippen molar-refractivity contribution >= 4 is 58.2 Å². The molecule has 1 aliphatic heterocycles. The molecule has 0 aromatic heterocycles. The summed E-state index contributed by atoms with van der Waals surface area (Å²) in [7, 11) is 1.54. The van der Waals surface area contributed by atoms with Crippen LogP contribution < -0.4 is 9.47 Å². The van der Waals surface area contributed by atoms with Gasteiger partial charge in [-0.1, -0.05) is 41.4 Å². The van der Waals surface area contributed by atoms with Gasteiger partial charge in [0, 0.05) is 0 Å². The van der Waals surface area contributed by atoms with Crippen LogP contribution >= 0.6 is 35.0 Å². The minimum absolute atomic E-state index is 0.0818. The zero-order valence-corrected chi connectivity index (χ0v) is 20.1. The summed E-state index contributed by atoms with van der Waals surface area (Å²) in [4.78, 5) is 39.1. The normalized spacial score (nSPS) is 14.6. The van der Waals surface area contributed by atoms with Crippen molar-refractivity contribution < 1.29 is 23.9 Å². The molecule has 3 aromatic carbocycles. The molecule has 0 radical (unpaired) electrons. The maximum absolute atomic E-state index is 12.8. The van der Waals surface area contributed by atoms with Gasteiger partial charge in [-0.25, -0.2) is 4.79 Å². The molecule has 1 saturated heterocycles. The van der Waals surface area contributed by atoms with E-state index in [2.05, 4.69) is 0 Å². The molecule has 6 nitrogen and oxygen atoms in total. The standard InChI is InChI=1S/C25H17Cl2NO5S/c1-32-18-8-6-17(7-9-18)24(30)33-19-4-2-3-15(11-19)13-22-23(29)28(25(31)34-22)14-16-5-10-20(26)21(27)12-16/h2-13H,14H2,1H3/b22-13-. The number of nitrogens with zero attached hydrogens (tertiary/aromatic N) is 1. The van der Waals surface area contributed by atoms with Gasteiger partial charge in [-0.05, 0) is 77.5 Å². The van der Waals surface area contributed by atoms with Crippen LogP contribution in [0.2, 0.25) is 10.0 Å². The third-order valence-corrected chi connectivity index (χ3v) is 6.54. The summed E-state index contributed by atoms with van der Waals surface area (Å²) < 4.78 is 10.5. The third kappa shape index (κ3) is 5.44. The van der Waals surface area contributed by atoms with Gasteiger partial charge in [0.05, 0.1) is 34.2 Å². The SMILES string of the molecule is COc1ccc(C(=O)Oc2cccc(/C=C3\SC(=O)N(Cc4ccc(Cl)c(Cl)c4)C3=O)c2)cc1. The monoisotopic (exact) mass is 513 g/mol. The summed E-state index contributed by atoms with van der Waals surface area (Å²) in [5.74, 6) is -0.000267. The number of carbonyl (C=O) groups is 3. The Kier molecular flexibility index (Phi) is 7.26. The van der Waals surface area contributed by atoms with Gasteiger partial charge < -0.3 is 9.47 Å². The Hall–Kier alpha value is -3.26. The summed E-state index contributed by atoms with van der Waals surface area (Å²) in [6.07, 6.45) is 1.59. The molecule has 34 heavy (non-hydrogen) atoms. The summed E-state index contributed by atoms with van der Waals surface area (Å²) >= 11 is 12.8. The van der Waals surface area contributed by atoms with E-state index >= 15 is 0 Å². The molecular formula is C25H17Cl2NO5S. The fourth-order valence-corrected chi connectivity index (χ4v) is 4.33. The van der Waals surface area contributed by atoms with Crippen molar-refractivity contribution in [2.24, 2.45) is 0 Å². The van der Waals surface area contributed by atoms with E-state index in [1.807, 2.05) is 0 Å². The second-order valence-electron chi connectivity index (χ2n) is 7.21. The molecule has 0 atom stereocenters. The molecule has 0 saturated carbocycles. The molecule has 0 N–H and O–H groups in total. The van der Waals surface area contributed by atoms with Gasteiger partial charge in [-0.2, -0.15) is 0 Å². The first-order valence-corrected chi connectivity index (χ1v) is 11.6. The number of benzene rings is 3. The van der Waals surface area contributed by atoms with Crippen LogP contribution in [0.4, 0.5) is 4.79 Å². The summed E-state index contributed by atoms with van der Waals surface area (Å²) in [5.41, 5.74) is 1.67. The third-order valence-electron chi connectivity index (χ3n) is 4.89. The first-order valence-electron chi connectivity index (χ1n) is 9.99. The minimum atomic E-state index is -0.526. The van der Waals surface area contributed by atoms with Crippen molar-refractivity contribution in [3.05, 3.63) is 98.4 Å². The molecule has 0 aliphatic carbocycles. The number of hydrogen-bond acceptors (Lipinski definition) is 6. The van der Waals surface area contributed by atoms with Crippen LogP contribution in [-0.4, -0.2) is 29.1 Å². The maximum atomic E-state index is 12.8. The van der Waals surface area contributed by atoms with Crippen LogP contribution in [0.15, 0.2) is 71.6 Å². The molecule has 0 unspecified atom stereocenters. The van der Waals surface area contributed by atoms with Gasteiger partial charge in [-0.15, -0.1) is 0 Å². The Bertz CT molecular complexity index is 1310. The lowest BCUT2D eigenvalue weighted by molar-refractivity contribution is -0.123. The Morgan fingerprint density at radius 1 is 0.971 bits per heavy atom. The predicted molar refractivity (Wildman–Crippen MR) is 132 cm³/mol. The topological polar surface area (TPSA) is 72.9 Å². The van der Waals surface area contributed by atoms with Gasteiger partial charge in [-0.3, -0.25) is 14.5 Å². The summed E-state index contributed by atoms with van der Waals surface area (Å²) in [6.45, 7) is 0.0818. The zero-order valence-electron chi connectivity index (χ0n) is 17.8. The lowest BCUT2D eigenvalue weighted by atomic mass is 10.2. The Labute approximate surface area is 210 Å². The fourth-order valence-electron chi connectivity index (χ4n) is 3.17. The Balaban J connectivity index is 1.47. The molecule has 1 aliphatic rings. The highest BCUT2D eigenvalue weighted by Gasteiger charge is 2.35. The number of rotatable bonds is 6. The van der Waals surface area contributed by atoms with E-state index in [9.17, 15) is 14.4 Å². The number of thioether (sulfide) groups is 1. The molecule has 172 valence electrons. The fraction of sp³-hybridized carbons (Fsp3) is 0.0800. The summed E-state index contributed by atoms with van der Waals surface area (Å²) in [6, 6.07) is 18.2. The number of methoxy groups -OCH3 is 1. The van der Waals surface area contributed by atoms with Gasteiger partial charge in [0.25, 0.3) is 11.1 Å². The number of hydrogen-bond donors (Lipinski definition) is 0. The number of carbonyl (C=O) groups excluding carboxylic acids is 3. The van der Waals surface area contributed by atoms with Crippen molar-refractivity contribution in [1.82, 2.24) is 4.90 Å². The Morgan fingerprint density at radius 3 is 2.44 bits per heavy atom. The molecule has 1 fully saturated rings. The highest BCUT2D eigenvalue weighted by Crippen LogP contribution is 2.34. The molecule has 2 amide bonds. The van der Waals surface area contributed by atoms with Gasteiger partial charge in [0.15, 0.2) is 0 Å². The molecule has 3 aromatic rings. The van der Waals surface area contributed by atoms with E-state index in [0.717, 1.165) is 16.7 Å². The van der Waals surface area contributed by atoms with Crippen molar-refractivity contribution in [3.63, 3.8) is 0 Å². The van der Waals surface area contributed by atoms with Crippen LogP contribution in [0.1, 0.15) is 21.5 Å². The molecular weight excluding hydrogens is 497 g/mol. The second-order valence-corrected chi connectivity index (χ2v) is 9.01. The molecule has 9 heteroatoms. The van der Waals surface area contributed by atoms with Gasteiger partial charge in [0.2, 0.25) is 0 Å². The maximum Gasteiger partial charge on any atom is 0.343 e. The van der Waals surface area contributed by atoms with Crippen LogP contribution in [0.25, 0.3) is 6.08 Å². The van der Waals surface area contributed by atoms with E-state index in [1.54, 1.807) is 79.9 Å². The van der Waals surface area contributed by atoms with E-state index in [-0.39, 0.29) is 16.7 Å². The molecule has 0 bridgehead atoms. The first-order chi connectivity index (χ1) is 16.3. The van der Waals surface area contributed by atoms with Crippen molar-refractivity contribution in [2.75, 3.05) is 7.11 Å². The van der Waals surface area contributed by atoms with E-state index < -0.39 is 11.9 Å². The minimum Gasteiger partial charge on any atom is -0.497 e. The molecule has 4 rings (SSSR count). The van der Waals surface area contributed by atoms with Crippen molar-refractivity contribution in [2.45, 2.75) is 6.54 Å². The van der Waals surface area contributed by atoms with E-state index in [1.165, 1.54) is 0 Å². The van der Waals surface area contributed by atoms with Crippen LogP contribution in [0, 0.1) is 0 Å². The number of halogens is 2. The number of imide groups is 1. The van der Waals surface area contributed by atoms with Crippen LogP contribution in [0.3, 0.4) is 0 Å². The highest BCUT2D eigenvalue weighted by atomic mass is 35.5. The Morgan fingerprint density at radius 2 is 1.74 bits per heavy atom. The lowest BCUT2D eigenvalue weighted by Gasteiger charge is -2.13. The largest absolute Gasteiger partial charge is 0.497 e. The van der Waals surface area contributed by atoms with Gasteiger partial charge in [0.1, 0.15) is 11.5 Å². The smallest absolute Gasteiger partial charge is 0.343 e. The van der Waals surface area contributed by atoms with Crippen molar-refractivity contribution in [1.29, 1.82) is 0 Å². The van der Waals surface area contributed by atoms with E-state index in [4.69, 9.17) is 32.7 Å². The first kappa shape index (κ1) is 23.9. The molecule has 1 heterocycles. The van der Waals surface area contributed by atoms with Crippen LogP contribution in [0.5, 0.6) is 11.5 Å². The number of esters is 1. The predicted octanol–water partition coefficient (Wildman–Crippen LogP) is 6.46. The summed E-state index contributed by atoms with van der Waals surface area (Å²) in [5, 5.41) is 0.360. The van der Waals surface area contributed by atoms with Crippen molar-refractivity contribution in [3.8, 4) is 11.5 Å². The lowest BCUT2D eigenvalue weighted by Crippen LogP contribution is -2.27. The quantitative estimate of drug-likeness (QED) is 0.214. The van der Waals surface area contributed by atoms with E-state index in [0.29, 0.717) is 38.2 Å². The average Bonchev–Trinajstić information content (AvgIpc) is 3.09. The molecule has 0 spiro atoms. The number of amides is 2. The average molecular weight is 514 g/mol. The second kappa shape index (κ2) is 10.3. The van der Waals surface area contributed by atoms with Crippen LogP contribution in [-0.2, 0) is 11.3 Å². The number of ether oxygens (including phenoxy) is 2.